The molecule has 0 unspecified atom stereocenters. The van der Waals surface area contributed by atoms with Gasteiger partial charge in [-0.05, 0) is 54.8 Å². The van der Waals surface area contributed by atoms with Gasteiger partial charge in [-0.3, -0.25) is 4.98 Å². The van der Waals surface area contributed by atoms with E-state index in [1.54, 1.807) is 0 Å². The lowest BCUT2D eigenvalue weighted by molar-refractivity contribution is 0.573. The molecule has 0 spiro atoms. The predicted molar refractivity (Wildman–Crippen MR) is 75.7 cm³/mol. The Kier molecular flexibility index (Phi) is 4.34. The number of hydrogen-bond donors (Lipinski definition) is 1. The molecule has 18 heavy (non-hydrogen) atoms. The van der Waals surface area contributed by atoms with Crippen LogP contribution in [0.2, 0.25) is 5.02 Å². The van der Waals surface area contributed by atoms with Crippen molar-refractivity contribution < 1.29 is 0 Å². The second kappa shape index (κ2) is 5.98. The molecule has 2 nitrogen and oxygen atoms in total. The van der Waals surface area contributed by atoms with Crippen molar-refractivity contribution in [1.29, 1.82) is 0 Å². The fourth-order valence-corrected chi connectivity index (χ4v) is 2.12. The summed E-state index contributed by atoms with van der Waals surface area (Å²) in [6, 6.07) is 10.4. The Bertz CT molecular complexity index is 511. The molecule has 0 aliphatic heterocycles. The highest BCUT2D eigenvalue weighted by Gasteiger charge is 2.05. The van der Waals surface area contributed by atoms with E-state index in [0.29, 0.717) is 6.04 Å². The summed E-state index contributed by atoms with van der Waals surface area (Å²) in [5.74, 6) is 0. The molecule has 0 bridgehead atoms. The van der Waals surface area contributed by atoms with E-state index >= 15 is 0 Å². The number of pyridine rings is 1. The number of aryl methyl sites for hydroxylation is 1. The van der Waals surface area contributed by atoms with Gasteiger partial charge in [0, 0.05) is 30.0 Å². The van der Waals surface area contributed by atoms with Gasteiger partial charge < -0.3 is 5.32 Å². The van der Waals surface area contributed by atoms with E-state index in [0.717, 1.165) is 11.6 Å². The molecule has 2 rings (SSSR count). The van der Waals surface area contributed by atoms with Crippen molar-refractivity contribution in [3.8, 4) is 0 Å². The van der Waals surface area contributed by atoms with Crippen LogP contribution in [0.25, 0.3) is 0 Å². The van der Waals surface area contributed by atoms with Crippen LogP contribution in [0.3, 0.4) is 0 Å². The van der Waals surface area contributed by atoms with Crippen LogP contribution < -0.4 is 5.32 Å². The van der Waals surface area contributed by atoms with Gasteiger partial charge in [0.25, 0.3) is 0 Å². The molecule has 1 aromatic heterocycles. The van der Waals surface area contributed by atoms with Gasteiger partial charge in [0.05, 0.1) is 0 Å². The Morgan fingerprint density at radius 2 is 1.94 bits per heavy atom. The van der Waals surface area contributed by atoms with E-state index in [4.69, 9.17) is 11.6 Å². The van der Waals surface area contributed by atoms with Crippen LogP contribution in [0.5, 0.6) is 0 Å². The fraction of sp³-hybridized carbons (Fsp3) is 0.267. The Labute approximate surface area is 113 Å². The molecular formula is C15H17ClN2. The van der Waals surface area contributed by atoms with Crippen molar-refractivity contribution in [2.75, 3.05) is 0 Å². The molecule has 1 atom stereocenters. The summed E-state index contributed by atoms with van der Waals surface area (Å²) >= 11 is 5.95. The van der Waals surface area contributed by atoms with Crippen molar-refractivity contribution >= 4 is 11.6 Å². The number of hydrogen-bond acceptors (Lipinski definition) is 2. The Hall–Kier alpha value is -1.38. The number of nitrogens with zero attached hydrogens (tertiary/aromatic N) is 1. The first-order chi connectivity index (χ1) is 8.66. The summed E-state index contributed by atoms with van der Waals surface area (Å²) in [7, 11) is 0. The minimum absolute atomic E-state index is 0.308. The van der Waals surface area contributed by atoms with Gasteiger partial charge in [0.2, 0.25) is 0 Å². The number of rotatable bonds is 4. The Morgan fingerprint density at radius 3 is 2.61 bits per heavy atom. The van der Waals surface area contributed by atoms with Crippen LogP contribution in [0.15, 0.2) is 42.7 Å². The lowest BCUT2D eigenvalue weighted by Gasteiger charge is -2.15. The molecule has 0 saturated carbocycles. The summed E-state index contributed by atoms with van der Waals surface area (Å²) in [5, 5.41) is 4.29. The molecule has 0 saturated heterocycles. The van der Waals surface area contributed by atoms with E-state index in [1.165, 1.54) is 16.7 Å². The van der Waals surface area contributed by atoms with Crippen molar-refractivity contribution in [2.24, 2.45) is 0 Å². The molecule has 94 valence electrons. The van der Waals surface area contributed by atoms with Crippen LogP contribution >= 0.6 is 11.6 Å². The lowest BCUT2D eigenvalue weighted by Crippen LogP contribution is -2.18. The minimum atomic E-state index is 0.308. The van der Waals surface area contributed by atoms with E-state index in [1.807, 2.05) is 36.7 Å². The smallest absolute Gasteiger partial charge is 0.0408 e. The number of aromatic nitrogens is 1. The molecule has 1 N–H and O–H groups in total. The van der Waals surface area contributed by atoms with E-state index in [9.17, 15) is 0 Å². The van der Waals surface area contributed by atoms with Gasteiger partial charge in [-0.1, -0.05) is 17.7 Å². The zero-order valence-electron chi connectivity index (χ0n) is 10.7. The van der Waals surface area contributed by atoms with Crippen LogP contribution in [-0.2, 0) is 6.54 Å². The molecule has 0 radical (unpaired) electrons. The third kappa shape index (κ3) is 3.31. The average molecular weight is 261 g/mol. The zero-order valence-corrected chi connectivity index (χ0v) is 11.4. The third-order valence-electron chi connectivity index (χ3n) is 3.11. The number of nitrogens with one attached hydrogen (secondary N) is 1. The summed E-state index contributed by atoms with van der Waals surface area (Å²) in [4.78, 5) is 4.03. The van der Waals surface area contributed by atoms with Crippen LogP contribution in [0, 0.1) is 6.92 Å². The first kappa shape index (κ1) is 13.1. The van der Waals surface area contributed by atoms with Crippen molar-refractivity contribution in [1.82, 2.24) is 10.3 Å². The third-order valence-corrected chi connectivity index (χ3v) is 3.34. The molecular weight excluding hydrogens is 244 g/mol. The molecule has 0 aliphatic carbocycles. The average Bonchev–Trinajstić information content (AvgIpc) is 2.38. The summed E-state index contributed by atoms with van der Waals surface area (Å²) < 4.78 is 0. The monoisotopic (exact) mass is 260 g/mol. The topological polar surface area (TPSA) is 24.9 Å². The highest BCUT2D eigenvalue weighted by Crippen LogP contribution is 2.17. The second-order valence-electron chi connectivity index (χ2n) is 4.45. The molecule has 0 amide bonds. The van der Waals surface area contributed by atoms with Gasteiger partial charge in [0.1, 0.15) is 0 Å². The first-order valence-corrected chi connectivity index (χ1v) is 6.43. The van der Waals surface area contributed by atoms with Crippen molar-refractivity contribution in [2.45, 2.75) is 26.4 Å². The molecule has 2 aromatic rings. The van der Waals surface area contributed by atoms with Crippen LogP contribution in [0.4, 0.5) is 0 Å². The highest BCUT2D eigenvalue weighted by molar-refractivity contribution is 6.30. The Balaban J connectivity index is 1.99. The zero-order chi connectivity index (χ0) is 13.0. The predicted octanol–water partition coefficient (Wildman–Crippen LogP) is 3.89. The van der Waals surface area contributed by atoms with E-state index in [-0.39, 0.29) is 0 Å². The van der Waals surface area contributed by atoms with Gasteiger partial charge in [-0.25, -0.2) is 0 Å². The SMILES string of the molecule is Cc1cc(Cl)ccc1CN[C@@H](C)c1ccncc1. The van der Waals surface area contributed by atoms with Crippen molar-refractivity contribution in [3.63, 3.8) is 0 Å². The van der Waals surface area contributed by atoms with Gasteiger partial charge >= 0.3 is 0 Å². The van der Waals surface area contributed by atoms with E-state index < -0.39 is 0 Å². The molecule has 3 heteroatoms. The first-order valence-electron chi connectivity index (χ1n) is 6.05. The lowest BCUT2D eigenvalue weighted by atomic mass is 10.1. The quantitative estimate of drug-likeness (QED) is 0.902. The summed E-state index contributed by atoms with van der Waals surface area (Å²) in [5.41, 5.74) is 3.74. The second-order valence-corrected chi connectivity index (χ2v) is 4.89. The maximum atomic E-state index is 5.95. The largest absolute Gasteiger partial charge is 0.306 e. The van der Waals surface area contributed by atoms with Crippen LogP contribution in [-0.4, -0.2) is 4.98 Å². The van der Waals surface area contributed by atoms with Crippen molar-refractivity contribution in [3.05, 3.63) is 64.4 Å². The van der Waals surface area contributed by atoms with Gasteiger partial charge in [-0.2, -0.15) is 0 Å². The standard InChI is InChI=1S/C15H17ClN2/c1-11-9-15(16)4-3-14(11)10-18-12(2)13-5-7-17-8-6-13/h3-9,12,18H,10H2,1-2H3/t12-/m0/s1. The number of halogens is 1. The van der Waals surface area contributed by atoms with E-state index in [2.05, 4.69) is 30.2 Å². The van der Waals surface area contributed by atoms with Crippen LogP contribution in [0.1, 0.15) is 29.7 Å². The minimum Gasteiger partial charge on any atom is -0.306 e. The molecule has 1 aromatic carbocycles. The van der Waals surface area contributed by atoms with Gasteiger partial charge in [0.15, 0.2) is 0 Å². The maximum Gasteiger partial charge on any atom is 0.0408 e. The van der Waals surface area contributed by atoms with Gasteiger partial charge in [-0.15, -0.1) is 0 Å². The molecule has 0 fully saturated rings. The maximum absolute atomic E-state index is 5.95. The Morgan fingerprint density at radius 1 is 1.22 bits per heavy atom. The number of benzene rings is 1. The summed E-state index contributed by atoms with van der Waals surface area (Å²) in [6.45, 7) is 5.08. The highest BCUT2D eigenvalue weighted by atomic mass is 35.5. The summed E-state index contributed by atoms with van der Waals surface area (Å²) in [6.07, 6.45) is 3.64. The molecule has 0 aliphatic rings. The fourth-order valence-electron chi connectivity index (χ4n) is 1.89. The molecule has 1 heterocycles. The normalized spacial score (nSPS) is 12.4.